The molecule has 0 spiro atoms. The van der Waals surface area contributed by atoms with Gasteiger partial charge in [0.2, 0.25) is 0 Å². The summed E-state index contributed by atoms with van der Waals surface area (Å²) in [6.07, 6.45) is 1.95. The highest BCUT2D eigenvalue weighted by Crippen LogP contribution is 2.28. The SMILES string of the molecule is Cc1ccccc1-c1cnc(CNCc2ccc(Cl)c(Cl)c2)s1. The van der Waals surface area contributed by atoms with Crippen LogP contribution in [0.25, 0.3) is 10.4 Å². The summed E-state index contributed by atoms with van der Waals surface area (Å²) >= 11 is 13.7. The molecule has 1 N–H and O–H groups in total. The maximum atomic E-state index is 6.03. The molecule has 1 heterocycles. The third-order valence-corrected chi connectivity index (χ3v) is 5.32. The van der Waals surface area contributed by atoms with Gasteiger partial charge in [-0.1, -0.05) is 53.5 Å². The van der Waals surface area contributed by atoms with Gasteiger partial charge in [-0.3, -0.25) is 0 Å². The number of nitrogens with one attached hydrogen (secondary N) is 1. The average molecular weight is 363 g/mol. The van der Waals surface area contributed by atoms with Crippen LogP contribution in [0.4, 0.5) is 0 Å². The van der Waals surface area contributed by atoms with Crippen LogP contribution in [0.2, 0.25) is 10.0 Å². The van der Waals surface area contributed by atoms with Gasteiger partial charge in [0, 0.05) is 19.3 Å². The van der Waals surface area contributed by atoms with Crippen molar-refractivity contribution in [3.8, 4) is 10.4 Å². The molecule has 0 amide bonds. The number of thiazole rings is 1. The molecule has 0 saturated heterocycles. The van der Waals surface area contributed by atoms with Gasteiger partial charge in [0.15, 0.2) is 0 Å². The summed E-state index contributed by atoms with van der Waals surface area (Å²) in [5, 5.41) is 5.63. The van der Waals surface area contributed by atoms with Gasteiger partial charge < -0.3 is 5.32 Å². The summed E-state index contributed by atoms with van der Waals surface area (Å²) in [5.74, 6) is 0. The number of hydrogen-bond donors (Lipinski definition) is 1. The van der Waals surface area contributed by atoms with Crippen molar-refractivity contribution in [2.24, 2.45) is 0 Å². The van der Waals surface area contributed by atoms with Crippen molar-refractivity contribution in [2.45, 2.75) is 20.0 Å². The van der Waals surface area contributed by atoms with E-state index in [0.717, 1.165) is 23.7 Å². The Labute approximate surface area is 150 Å². The Morgan fingerprint density at radius 3 is 2.65 bits per heavy atom. The van der Waals surface area contributed by atoms with Crippen LogP contribution >= 0.6 is 34.5 Å². The van der Waals surface area contributed by atoms with Crippen molar-refractivity contribution in [2.75, 3.05) is 0 Å². The second-order valence-electron chi connectivity index (χ2n) is 5.29. The molecule has 118 valence electrons. The smallest absolute Gasteiger partial charge is 0.107 e. The zero-order valence-corrected chi connectivity index (χ0v) is 15.0. The van der Waals surface area contributed by atoms with E-state index in [-0.39, 0.29) is 0 Å². The number of nitrogens with zero attached hydrogens (tertiary/aromatic N) is 1. The quantitative estimate of drug-likeness (QED) is 0.628. The minimum absolute atomic E-state index is 0.582. The van der Waals surface area contributed by atoms with Crippen molar-refractivity contribution >= 4 is 34.5 Å². The van der Waals surface area contributed by atoms with Gasteiger partial charge in [0.25, 0.3) is 0 Å². The highest BCUT2D eigenvalue weighted by atomic mass is 35.5. The van der Waals surface area contributed by atoms with Crippen molar-refractivity contribution in [1.82, 2.24) is 10.3 Å². The van der Waals surface area contributed by atoms with E-state index in [2.05, 4.69) is 41.5 Å². The first kappa shape index (κ1) is 16.5. The number of aromatic nitrogens is 1. The summed E-state index contributed by atoms with van der Waals surface area (Å²) in [4.78, 5) is 5.71. The highest BCUT2D eigenvalue weighted by molar-refractivity contribution is 7.15. The predicted molar refractivity (Wildman–Crippen MR) is 99.3 cm³/mol. The standard InChI is InChI=1S/C18H16Cl2N2S/c1-12-4-2-3-5-14(12)17-10-22-18(23-17)11-21-9-13-6-7-15(19)16(20)8-13/h2-8,10,21H,9,11H2,1H3. The predicted octanol–water partition coefficient (Wildman–Crippen LogP) is 5.72. The molecule has 3 rings (SSSR count). The number of hydrogen-bond acceptors (Lipinski definition) is 3. The zero-order chi connectivity index (χ0) is 16.2. The van der Waals surface area contributed by atoms with Crippen molar-refractivity contribution in [3.63, 3.8) is 0 Å². The largest absolute Gasteiger partial charge is 0.306 e. The normalized spacial score (nSPS) is 10.9. The molecule has 0 saturated carbocycles. The van der Waals surface area contributed by atoms with Crippen LogP contribution in [0.3, 0.4) is 0 Å². The average Bonchev–Trinajstić information content (AvgIpc) is 3.00. The Bertz CT molecular complexity index is 814. The molecule has 23 heavy (non-hydrogen) atoms. The maximum absolute atomic E-state index is 6.03. The Kier molecular flexibility index (Phi) is 5.34. The number of halogens is 2. The van der Waals surface area contributed by atoms with Gasteiger partial charge in [-0.05, 0) is 35.7 Å². The summed E-state index contributed by atoms with van der Waals surface area (Å²) < 4.78 is 0. The third kappa shape index (κ3) is 4.12. The lowest BCUT2D eigenvalue weighted by Gasteiger charge is -2.04. The van der Waals surface area contributed by atoms with Crippen LogP contribution in [0.1, 0.15) is 16.1 Å². The summed E-state index contributed by atoms with van der Waals surface area (Å²) in [6, 6.07) is 14.1. The second kappa shape index (κ2) is 7.45. The van der Waals surface area contributed by atoms with Gasteiger partial charge in [-0.2, -0.15) is 0 Å². The second-order valence-corrected chi connectivity index (χ2v) is 7.21. The van der Waals surface area contributed by atoms with E-state index in [0.29, 0.717) is 10.0 Å². The molecule has 0 aliphatic heterocycles. The molecule has 0 unspecified atom stereocenters. The Morgan fingerprint density at radius 2 is 1.87 bits per heavy atom. The molecule has 3 aromatic rings. The first-order valence-corrected chi connectivity index (χ1v) is 8.86. The van der Waals surface area contributed by atoms with E-state index < -0.39 is 0 Å². The summed E-state index contributed by atoms with van der Waals surface area (Å²) in [7, 11) is 0. The fraction of sp³-hybridized carbons (Fsp3) is 0.167. The Balaban J connectivity index is 1.61. The number of benzene rings is 2. The van der Waals surface area contributed by atoms with E-state index in [1.165, 1.54) is 16.0 Å². The molecule has 0 aliphatic rings. The van der Waals surface area contributed by atoms with Crippen molar-refractivity contribution in [3.05, 3.63) is 74.8 Å². The zero-order valence-electron chi connectivity index (χ0n) is 12.6. The lowest BCUT2D eigenvalue weighted by atomic mass is 10.1. The lowest BCUT2D eigenvalue weighted by molar-refractivity contribution is 0.690. The van der Waals surface area contributed by atoms with E-state index in [4.69, 9.17) is 23.2 Å². The first-order chi connectivity index (χ1) is 11.1. The minimum Gasteiger partial charge on any atom is -0.306 e. The summed E-state index contributed by atoms with van der Waals surface area (Å²) in [6.45, 7) is 3.59. The molecule has 2 aromatic carbocycles. The molecule has 2 nitrogen and oxygen atoms in total. The summed E-state index contributed by atoms with van der Waals surface area (Å²) in [5.41, 5.74) is 3.63. The first-order valence-electron chi connectivity index (χ1n) is 7.29. The fourth-order valence-corrected chi connectivity index (χ4v) is 3.63. The van der Waals surface area contributed by atoms with Gasteiger partial charge >= 0.3 is 0 Å². The van der Waals surface area contributed by atoms with E-state index in [1.807, 2.05) is 24.4 Å². The van der Waals surface area contributed by atoms with Gasteiger partial charge in [-0.25, -0.2) is 4.98 Å². The molecule has 0 bridgehead atoms. The van der Waals surface area contributed by atoms with Crippen LogP contribution in [0, 0.1) is 6.92 Å². The molecular weight excluding hydrogens is 347 g/mol. The van der Waals surface area contributed by atoms with Gasteiger partial charge in [-0.15, -0.1) is 11.3 Å². The van der Waals surface area contributed by atoms with Crippen LogP contribution in [-0.2, 0) is 13.1 Å². The van der Waals surface area contributed by atoms with Crippen LogP contribution in [0.15, 0.2) is 48.7 Å². The van der Waals surface area contributed by atoms with E-state index >= 15 is 0 Å². The van der Waals surface area contributed by atoms with Crippen LogP contribution in [0.5, 0.6) is 0 Å². The van der Waals surface area contributed by atoms with Gasteiger partial charge in [0.05, 0.1) is 14.9 Å². The highest BCUT2D eigenvalue weighted by Gasteiger charge is 2.06. The van der Waals surface area contributed by atoms with E-state index in [1.54, 1.807) is 11.3 Å². The molecule has 1 aromatic heterocycles. The molecule has 5 heteroatoms. The molecule has 0 atom stereocenters. The van der Waals surface area contributed by atoms with Gasteiger partial charge in [0.1, 0.15) is 5.01 Å². The van der Waals surface area contributed by atoms with E-state index in [9.17, 15) is 0 Å². The lowest BCUT2D eigenvalue weighted by Crippen LogP contribution is -2.12. The van der Waals surface area contributed by atoms with Crippen molar-refractivity contribution < 1.29 is 0 Å². The molecular formula is C18H16Cl2N2S. The van der Waals surface area contributed by atoms with Crippen LogP contribution < -0.4 is 5.32 Å². The maximum Gasteiger partial charge on any atom is 0.107 e. The third-order valence-electron chi connectivity index (χ3n) is 3.55. The Morgan fingerprint density at radius 1 is 1.04 bits per heavy atom. The number of rotatable bonds is 5. The van der Waals surface area contributed by atoms with Crippen molar-refractivity contribution in [1.29, 1.82) is 0 Å². The number of aryl methyl sites for hydroxylation is 1. The monoisotopic (exact) mass is 362 g/mol. The minimum atomic E-state index is 0.582. The van der Waals surface area contributed by atoms with Crippen LogP contribution in [-0.4, -0.2) is 4.98 Å². The Hall–Kier alpha value is -1.39. The fourth-order valence-electron chi connectivity index (χ4n) is 2.33. The topological polar surface area (TPSA) is 24.9 Å². The molecule has 0 fully saturated rings. The molecule has 0 aliphatic carbocycles. The molecule has 0 radical (unpaired) electrons.